The molecule has 1 aromatic carbocycles. The van der Waals surface area contributed by atoms with Crippen LogP contribution in [0.4, 0.5) is 17.6 Å². The summed E-state index contributed by atoms with van der Waals surface area (Å²) in [7, 11) is -3.92. The van der Waals surface area contributed by atoms with Crippen molar-refractivity contribution in [2.24, 2.45) is 0 Å². The SMILES string of the molecule is C#CCCCS(=O)(=O)N1CCC(c2nc(-c3ccc(F)cc3)no2)(C(F)(F)F)C1. The maximum atomic E-state index is 14.0. The van der Waals surface area contributed by atoms with E-state index in [4.69, 9.17) is 10.9 Å². The fourth-order valence-corrected chi connectivity index (χ4v) is 4.71. The highest BCUT2D eigenvalue weighted by molar-refractivity contribution is 7.89. The molecule has 1 aliphatic heterocycles. The third kappa shape index (κ3) is 4.13. The summed E-state index contributed by atoms with van der Waals surface area (Å²) >= 11 is 0. The highest BCUT2D eigenvalue weighted by Gasteiger charge is 2.64. The molecule has 1 unspecified atom stereocenters. The lowest BCUT2D eigenvalue weighted by Gasteiger charge is -2.27. The van der Waals surface area contributed by atoms with E-state index in [-0.39, 0.29) is 36.5 Å². The summed E-state index contributed by atoms with van der Waals surface area (Å²) in [6, 6.07) is 4.85. The molecule has 11 heteroatoms. The Morgan fingerprint density at radius 3 is 2.59 bits per heavy atom. The molecule has 0 aliphatic carbocycles. The van der Waals surface area contributed by atoms with E-state index < -0.39 is 46.3 Å². The molecule has 1 aliphatic rings. The summed E-state index contributed by atoms with van der Waals surface area (Å²) < 4.78 is 85.6. The van der Waals surface area contributed by atoms with Gasteiger partial charge in [0.1, 0.15) is 5.82 Å². The molecule has 0 spiro atoms. The summed E-state index contributed by atoms with van der Waals surface area (Å²) in [4.78, 5) is 3.85. The zero-order valence-electron chi connectivity index (χ0n) is 15.1. The lowest BCUT2D eigenvalue weighted by molar-refractivity contribution is -0.192. The maximum Gasteiger partial charge on any atom is 0.404 e. The molecule has 0 amide bonds. The number of hydrogen-bond donors (Lipinski definition) is 0. The topological polar surface area (TPSA) is 76.3 Å². The molecule has 3 rings (SSSR count). The molecule has 156 valence electrons. The van der Waals surface area contributed by atoms with Crippen LogP contribution in [0.25, 0.3) is 11.4 Å². The summed E-state index contributed by atoms with van der Waals surface area (Å²) in [5.41, 5.74) is -2.34. The van der Waals surface area contributed by atoms with Crippen LogP contribution in [0.15, 0.2) is 28.8 Å². The Morgan fingerprint density at radius 1 is 1.28 bits per heavy atom. The van der Waals surface area contributed by atoms with Crippen molar-refractivity contribution in [3.8, 4) is 23.7 Å². The van der Waals surface area contributed by atoms with E-state index in [0.29, 0.717) is 0 Å². The van der Waals surface area contributed by atoms with Crippen molar-refractivity contribution >= 4 is 10.0 Å². The second-order valence-electron chi connectivity index (χ2n) is 6.72. The number of nitrogens with zero attached hydrogens (tertiary/aromatic N) is 3. The van der Waals surface area contributed by atoms with Crippen LogP contribution in [-0.4, -0.2) is 47.9 Å². The molecule has 1 atom stereocenters. The summed E-state index contributed by atoms with van der Waals surface area (Å²) in [5.74, 6) is 0.582. The number of benzene rings is 1. The van der Waals surface area contributed by atoms with Crippen molar-refractivity contribution < 1.29 is 30.5 Å². The van der Waals surface area contributed by atoms with Crippen LogP contribution in [0.3, 0.4) is 0 Å². The van der Waals surface area contributed by atoms with E-state index in [1.54, 1.807) is 0 Å². The lowest BCUT2D eigenvalue weighted by atomic mass is 9.86. The summed E-state index contributed by atoms with van der Waals surface area (Å²) in [5, 5.41) is 3.57. The zero-order chi connectivity index (χ0) is 21.3. The molecule has 1 saturated heterocycles. The average molecular weight is 431 g/mol. The van der Waals surface area contributed by atoms with Crippen molar-refractivity contribution in [1.29, 1.82) is 0 Å². The average Bonchev–Trinajstić information content (AvgIpc) is 3.30. The number of hydrogen-bond acceptors (Lipinski definition) is 5. The van der Waals surface area contributed by atoms with E-state index in [9.17, 15) is 26.0 Å². The molecule has 6 nitrogen and oxygen atoms in total. The molecule has 0 bridgehead atoms. The Labute approximate surface area is 164 Å². The van der Waals surface area contributed by atoms with E-state index in [0.717, 1.165) is 16.4 Å². The van der Waals surface area contributed by atoms with E-state index >= 15 is 0 Å². The van der Waals surface area contributed by atoms with Gasteiger partial charge < -0.3 is 4.52 Å². The molecule has 1 fully saturated rings. The fraction of sp³-hybridized carbons (Fsp3) is 0.444. The Bertz CT molecular complexity index is 1010. The molecule has 0 saturated carbocycles. The van der Waals surface area contributed by atoms with E-state index in [2.05, 4.69) is 16.1 Å². The van der Waals surface area contributed by atoms with Crippen LogP contribution in [0.2, 0.25) is 0 Å². The molecular weight excluding hydrogens is 414 g/mol. The van der Waals surface area contributed by atoms with Crippen LogP contribution in [0.5, 0.6) is 0 Å². The van der Waals surface area contributed by atoms with Gasteiger partial charge in [-0.1, -0.05) is 5.16 Å². The molecule has 2 aromatic rings. The maximum absolute atomic E-state index is 14.0. The van der Waals surface area contributed by atoms with Gasteiger partial charge in [-0.05, 0) is 37.1 Å². The largest absolute Gasteiger partial charge is 0.404 e. The van der Waals surface area contributed by atoms with Gasteiger partial charge in [-0.2, -0.15) is 18.2 Å². The Kier molecular flexibility index (Phi) is 5.69. The second-order valence-corrected chi connectivity index (χ2v) is 8.81. The van der Waals surface area contributed by atoms with Gasteiger partial charge in [0, 0.05) is 25.1 Å². The van der Waals surface area contributed by atoms with Gasteiger partial charge in [-0.15, -0.1) is 12.3 Å². The number of unbranched alkanes of at least 4 members (excludes halogenated alkanes) is 1. The van der Waals surface area contributed by atoms with Gasteiger partial charge in [0.2, 0.25) is 21.7 Å². The predicted octanol–water partition coefficient (Wildman–Crippen LogP) is 3.12. The Balaban J connectivity index is 1.90. The highest BCUT2D eigenvalue weighted by atomic mass is 32.2. The van der Waals surface area contributed by atoms with Crippen molar-refractivity contribution in [3.63, 3.8) is 0 Å². The van der Waals surface area contributed by atoms with Gasteiger partial charge in [0.05, 0.1) is 5.75 Å². The number of halogens is 4. The van der Waals surface area contributed by atoms with Crippen molar-refractivity contribution in [3.05, 3.63) is 36.0 Å². The molecular formula is C18H17F4N3O3S. The van der Waals surface area contributed by atoms with Gasteiger partial charge >= 0.3 is 6.18 Å². The number of rotatable bonds is 6. The molecule has 29 heavy (non-hydrogen) atoms. The third-order valence-corrected chi connectivity index (χ3v) is 6.73. The standard InChI is InChI=1S/C18H17F4N3O3S/c1-2-3-4-11-29(26,27)25-10-9-17(12-25,18(20,21)22)16-23-15(24-28-16)13-5-7-14(19)8-6-13/h1,5-8H,3-4,9-12H2. The van der Waals surface area contributed by atoms with Crippen molar-refractivity contribution in [2.45, 2.75) is 30.9 Å². The zero-order valence-corrected chi connectivity index (χ0v) is 15.9. The van der Waals surface area contributed by atoms with Crippen LogP contribution in [0, 0.1) is 18.2 Å². The van der Waals surface area contributed by atoms with E-state index in [1.165, 1.54) is 12.1 Å². The number of alkyl halides is 3. The predicted molar refractivity (Wildman–Crippen MR) is 95.5 cm³/mol. The van der Waals surface area contributed by atoms with Crippen LogP contribution in [-0.2, 0) is 15.4 Å². The first-order valence-electron chi connectivity index (χ1n) is 8.67. The minimum atomic E-state index is -4.82. The van der Waals surface area contributed by atoms with Crippen LogP contribution < -0.4 is 0 Å². The summed E-state index contributed by atoms with van der Waals surface area (Å²) in [6.07, 6.45) is 0.0948. The van der Waals surface area contributed by atoms with Crippen LogP contribution in [0.1, 0.15) is 25.2 Å². The van der Waals surface area contributed by atoms with Gasteiger partial charge in [-0.3, -0.25) is 0 Å². The monoisotopic (exact) mass is 431 g/mol. The number of terminal acetylenes is 1. The Morgan fingerprint density at radius 2 is 1.97 bits per heavy atom. The van der Waals surface area contributed by atoms with Crippen LogP contribution >= 0.6 is 0 Å². The van der Waals surface area contributed by atoms with Crippen molar-refractivity contribution in [2.75, 3.05) is 18.8 Å². The molecule has 0 N–H and O–H groups in total. The molecule has 1 aromatic heterocycles. The third-order valence-electron chi connectivity index (χ3n) is 4.83. The molecule has 2 heterocycles. The highest BCUT2D eigenvalue weighted by Crippen LogP contribution is 2.48. The number of sulfonamides is 1. The van der Waals surface area contributed by atoms with Crippen molar-refractivity contribution in [1.82, 2.24) is 14.4 Å². The first-order chi connectivity index (χ1) is 13.6. The van der Waals surface area contributed by atoms with Gasteiger partial charge in [0.15, 0.2) is 5.41 Å². The Hall–Kier alpha value is -2.45. The first kappa shape index (κ1) is 21.3. The quantitative estimate of drug-likeness (QED) is 0.399. The lowest BCUT2D eigenvalue weighted by Crippen LogP contribution is -2.46. The normalized spacial score (nSPS) is 20.7. The van der Waals surface area contributed by atoms with Gasteiger partial charge in [-0.25, -0.2) is 17.1 Å². The second kappa shape index (κ2) is 7.76. The summed E-state index contributed by atoms with van der Waals surface area (Å²) in [6.45, 7) is -1.17. The minimum Gasteiger partial charge on any atom is -0.338 e. The van der Waals surface area contributed by atoms with E-state index in [1.807, 2.05) is 0 Å². The smallest absolute Gasteiger partial charge is 0.338 e. The number of aromatic nitrogens is 2. The first-order valence-corrected chi connectivity index (χ1v) is 10.3. The molecule has 0 radical (unpaired) electrons. The fourth-order valence-electron chi connectivity index (χ4n) is 3.16. The minimum absolute atomic E-state index is 0.140. The van der Waals surface area contributed by atoms with Gasteiger partial charge in [0.25, 0.3) is 0 Å².